The third-order valence-electron chi connectivity index (χ3n) is 6.32. The van der Waals surface area contributed by atoms with Crippen molar-refractivity contribution in [2.75, 3.05) is 37.6 Å². The van der Waals surface area contributed by atoms with Crippen LogP contribution in [-0.4, -0.2) is 48.5 Å². The highest BCUT2D eigenvalue weighted by molar-refractivity contribution is 7.09. The number of aryl methyl sites for hydroxylation is 1. The van der Waals surface area contributed by atoms with Crippen molar-refractivity contribution in [3.63, 3.8) is 0 Å². The molecule has 35 heavy (non-hydrogen) atoms. The van der Waals surface area contributed by atoms with Crippen LogP contribution in [0.25, 0.3) is 0 Å². The van der Waals surface area contributed by atoms with E-state index in [1.807, 2.05) is 49.6 Å². The van der Waals surface area contributed by atoms with Gasteiger partial charge in [0.25, 0.3) is 0 Å². The van der Waals surface area contributed by atoms with Crippen molar-refractivity contribution in [2.24, 2.45) is 0 Å². The molecule has 1 aliphatic heterocycles. The third kappa shape index (κ3) is 6.80. The van der Waals surface area contributed by atoms with Crippen molar-refractivity contribution in [1.82, 2.24) is 15.2 Å². The van der Waals surface area contributed by atoms with E-state index in [4.69, 9.17) is 4.74 Å². The maximum Gasteiger partial charge on any atom is 0.226 e. The molecule has 4 rings (SSSR count). The standard InChI is InChI=1S/C27H33FN4O2S/c1-4-31-11-13-32(14-12-31)25-10-7-21(28)15-24(25)20(3)29-26(33)16-22-18-35-27(30-22)17-34-23-8-5-19(2)6-9-23/h5-10,15,18,20H,4,11-14,16-17H2,1-3H3,(H,29,33)/t20-/m1/s1. The van der Waals surface area contributed by atoms with E-state index in [9.17, 15) is 9.18 Å². The molecule has 1 atom stereocenters. The number of likely N-dealkylation sites (N-methyl/N-ethyl adjacent to an activating group) is 1. The van der Waals surface area contributed by atoms with Crippen LogP contribution in [0.3, 0.4) is 0 Å². The van der Waals surface area contributed by atoms with Crippen LogP contribution in [0, 0.1) is 12.7 Å². The smallest absolute Gasteiger partial charge is 0.226 e. The van der Waals surface area contributed by atoms with Crippen LogP contribution in [0.15, 0.2) is 47.8 Å². The molecule has 1 aliphatic rings. The summed E-state index contributed by atoms with van der Waals surface area (Å²) < 4.78 is 19.9. The number of thiazole rings is 1. The molecule has 0 unspecified atom stereocenters. The lowest BCUT2D eigenvalue weighted by Crippen LogP contribution is -2.46. The summed E-state index contributed by atoms with van der Waals surface area (Å²) in [6.07, 6.45) is 0.172. The van der Waals surface area contributed by atoms with E-state index in [0.29, 0.717) is 12.3 Å². The summed E-state index contributed by atoms with van der Waals surface area (Å²) in [7, 11) is 0. The molecule has 0 aliphatic carbocycles. The Morgan fingerprint density at radius 2 is 1.91 bits per heavy atom. The number of anilines is 1. The number of benzene rings is 2. The Kier molecular flexibility index (Phi) is 8.36. The summed E-state index contributed by atoms with van der Waals surface area (Å²) in [4.78, 5) is 22.0. The van der Waals surface area contributed by atoms with Crippen molar-refractivity contribution in [3.05, 3.63) is 75.5 Å². The lowest BCUT2D eigenvalue weighted by atomic mass is 10.0. The highest BCUT2D eigenvalue weighted by Crippen LogP contribution is 2.28. The Balaban J connectivity index is 1.34. The fourth-order valence-corrected chi connectivity index (χ4v) is 4.98. The Labute approximate surface area is 210 Å². The molecule has 3 aromatic rings. The first-order valence-corrected chi connectivity index (χ1v) is 13.0. The molecule has 0 saturated carbocycles. The number of ether oxygens (including phenoxy) is 1. The lowest BCUT2D eigenvalue weighted by Gasteiger charge is -2.37. The van der Waals surface area contributed by atoms with Gasteiger partial charge in [-0.15, -0.1) is 11.3 Å². The molecule has 186 valence electrons. The van der Waals surface area contributed by atoms with Crippen molar-refractivity contribution >= 4 is 22.9 Å². The topological polar surface area (TPSA) is 57.7 Å². The van der Waals surface area contributed by atoms with Crippen molar-refractivity contribution in [2.45, 2.75) is 39.8 Å². The molecule has 2 heterocycles. The average molecular weight is 497 g/mol. The molecule has 1 fully saturated rings. The number of halogens is 1. The van der Waals surface area contributed by atoms with Gasteiger partial charge in [-0.3, -0.25) is 4.79 Å². The zero-order chi connectivity index (χ0) is 24.8. The monoisotopic (exact) mass is 496 g/mol. The van der Waals surface area contributed by atoms with Crippen molar-refractivity contribution in [3.8, 4) is 5.75 Å². The lowest BCUT2D eigenvalue weighted by molar-refractivity contribution is -0.121. The van der Waals surface area contributed by atoms with Gasteiger partial charge in [0, 0.05) is 42.8 Å². The number of rotatable bonds is 9. The predicted molar refractivity (Wildman–Crippen MR) is 139 cm³/mol. The summed E-state index contributed by atoms with van der Waals surface area (Å²) in [6.45, 7) is 11.2. The van der Waals surface area contributed by atoms with Gasteiger partial charge in [-0.05, 0) is 50.7 Å². The number of hydrogen-bond acceptors (Lipinski definition) is 6. The first-order chi connectivity index (χ1) is 16.9. The highest BCUT2D eigenvalue weighted by atomic mass is 32.1. The van der Waals surface area contributed by atoms with Gasteiger partial charge in [0.1, 0.15) is 23.2 Å². The molecule has 1 saturated heterocycles. The number of piperazine rings is 1. The van der Waals surface area contributed by atoms with Crippen molar-refractivity contribution in [1.29, 1.82) is 0 Å². The highest BCUT2D eigenvalue weighted by Gasteiger charge is 2.22. The second-order valence-electron chi connectivity index (χ2n) is 8.92. The Morgan fingerprint density at radius 1 is 1.17 bits per heavy atom. The van der Waals surface area contributed by atoms with Crippen molar-refractivity contribution < 1.29 is 13.9 Å². The molecule has 0 bridgehead atoms. The van der Waals surface area contributed by atoms with Gasteiger partial charge < -0.3 is 19.9 Å². The van der Waals surface area contributed by atoms with Crippen LogP contribution in [0.4, 0.5) is 10.1 Å². The first-order valence-electron chi connectivity index (χ1n) is 12.1. The number of hydrogen-bond donors (Lipinski definition) is 1. The summed E-state index contributed by atoms with van der Waals surface area (Å²) in [5, 5.41) is 5.74. The second-order valence-corrected chi connectivity index (χ2v) is 9.87. The molecule has 2 aromatic carbocycles. The summed E-state index contributed by atoms with van der Waals surface area (Å²) >= 11 is 1.48. The normalized spacial score (nSPS) is 15.1. The van der Waals surface area contributed by atoms with Gasteiger partial charge >= 0.3 is 0 Å². The maximum atomic E-state index is 14.1. The number of carbonyl (C=O) groups is 1. The number of amides is 1. The Hall–Kier alpha value is -2.97. The molecule has 6 nitrogen and oxygen atoms in total. The SMILES string of the molecule is CCN1CCN(c2ccc(F)cc2[C@@H](C)NC(=O)Cc2csc(COc3ccc(C)cc3)n2)CC1. The largest absolute Gasteiger partial charge is 0.486 e. The summed E-state index contributed by atoms with van der Waals surface area (Å²) in [5.74, 6) is 0.357. The summed E-state index contributed by atoms with van der Waals surface area (Å²) in [6, 6.07) is 12.4. The number of aromatic nitrogens is 1. The van der Waals surface area contributed by atoms with Gasteiger partial charge in [-0.25, -0.2) is 9.37 Å². The molecule has 1 N–H and O–H groups in total. The van der Waals surface area contributed by atoms with Crippen LogP contribution in [0.2, 0.25) is 0 Å². The maximum absolute atomic E-state index is 14.1. The van der Waals surface area contributed by atoms with E-state index < -0.39 is 0 Å². The van der Waals surface area contributed by atoms with E-state index in [0.717, 1.165) is 54.7 Å². The minimum Gasteiger partial charge on any atom is -0.486 e. The van der Waals surface area contributed by atoms with E-state index in [2.05, 4.69) is 27.0 Å². The third-order valence-corrected chi connectivity index (χ3v) is 7.19. The van der Waals surface area contributed by atoms with E-state index in [1.165, 1.54) is 29.0 Å². The summed E-state index contributed by atoms with van der Waals surface area (Å²) in [5.41, 5.74) is 3.67. The first kappa shape index (κ1) is 25.1. The average Bonchev–Trinajstić information content (AvgIpc) is 3.30. The minimum absolute atomic E-state index is 0.139. The second kappa shape index (κ2) is 11.6. The predicted octanol–water partition coefficient (Wildman–Crippen LogP) is 4.73. The quantitative estimate of drug-likeness (QED) is 0.464. The number of nitrogens with one attached hydrogen (secondary N) is 1. The van der Waals surface area contributed by atoms with Crippen LogP contribution in [-0.2, 0) is 17.8 Å². The van der Waals surface area contributed by atoms with Gasteiger partial charge in [-0.1, -0.05) is 24.6 Å². The van der Waals surface area contributed by atoms with Crippen LogP contribution >= 0.6 is 11.3 Å². The number of carbonyl (C=O) groups excluding carboxylic acids is 1. The van der Waals surface area contributed by atoms with Gasteiger partial charge in [-0.2, -0.15) is 0 Å². The molecule has 8 heteroatoms. The molecule has 1 amide bonds. The zero-order valence-electron chi connectivity index (χ0n) is 20.6. The van der Waals surface area contributed by atoms with E-state index >= 15 is 0 Å². The zero-order valence-corrected chi connectivity index (χ0v) is 21.4. The van der Waals surface area contributed by atoms with Gasteiger partial charge in [0.15, 0.2) is 0 Å². The van der Waals surface area contributed by atoms with E-state index in [1.54, 1.807) is 0 Å². The fourth-order valence-electron chi connectivity index (χ4n) is 4.28. The van der Waals surface area contributed by atoms with Crippen LogP contribution in [0.1, 0.15) is 41.7 Å². The molecule has 0 spiro atoms. The van der Waals surface area contributed by atoms with Crippen LogP contribution < -0.4 is 15.0 Å². The molecule has 0 radical (unpaired) electrons. The Morgan fingerprint density at radius 3 is 2.63 bits per heavy atom. The molecular weight excluding hydrogens is 463 g/mol. The Bertz CT molecular complexity index is 1130. The number of nitrogens with zero attached hydrogens (tertiary/aromatic N) is 3. The van der Waals surface area contributed by atoms with E-state index in [-0.39, 0.29) is 24.2 Å². The molecular formula is C27H33FN4O2S. The minimum atomic E-state index is -0.319. The van der Waals surface area contributed by atoms with Gasteiger partial charge in [0.2, 0.25) is 5.91 Å². The fraction of sp³-hybridized carbons (Fsp3) is 0.407. The molecule has 1 aromatic heterocycles. The van der Waals surface area contributed by atoms with Crippen LogP contribution in [0.5, 0.6) is 5.75 Å². The van der Waals surface area contributed by atoms with Gasteiger partial charge in [0.05, 0.1) is 18.2 Å².